The largest absolute Gasteiger partial charge is 0.483 e. The van der Waals surface area contributed by atoms with Crippen LogP contribution >= 0.6 is 0 Å². The van der Waals surface area contributed by atoms with Crippen molar-refractivity contribution in [1.29, 1.82) is 0 Å². The van der Waals surface area contributed by atoms with Crippen LogP contribution < -0.4 is 10.1 Å². The van der Waals surface area contributed by atoms with Crippen molar-refractivity contribution >= 4 is 11.8 Å². The maximum Gasteiger partial charge on any atom is 0.260 e. The molecule has 2 aromatic rings. The van der Waals surface area contributed by atoms with Gasteiger partial charge in [0.1, 0.15) is 5.75 Å². The standard InChI is InChI=1S/C17H20N4O3/c1-11-16(12(2)20-19-11)17(23)18-7-8-21-9-13-5-3-4-6-14(13)24-10-15(21)22/h3-6H,7-10H2,1-2H3,(H,18,23)(H,19,20). The number of amides is 2. The maximum atomic E-state index is 12.2. The highest BCUT2D eigenvalue weighted by molar-refractivity contribution is 5.96. The van der Waals surface area contributed by atoms with E-state index in [1.54, 1.807) is 11.8 Å². The molecule has 1 aromatic carbocycles. The molecular formula is C17H20N4O3. The Kier molecular flexibility index (Phi) is 4.50. The van der Waals surface area contributed by atoms with Crippen molar-refractivity contribution in [3.8, 4) is 5.75 Å². The van der Waals surface area contributed by atoms with Crippen molar-refractivity contribution in [2.75, 3.05) is 19.7 Å². The topological polar surface area (TPSA) is 87.3 Å². The highest BCUT2D eigenvalue weighted by Gasteiger charge is 2.21. The van der Waals surface area contributed by atoms with Crippen LogP contribution in [0.5, 0.6) is 5.75 Å². The van der Waals surface area contributed by atoms with Crippen LogP contribution in [0.15, 0.2) is 24.3 Å². The summed E-state index contributed by atoms with van der Waals surface area (Å²) >= 11 is 0. The van der Waals surface area contributed by atoms with Crippen LogP contribution in [-0.4, -0.2) is 46.6 Å². The van der Waals surface area contributed by atoms with Gasteiger partial charge in [-0.3, -0.25) is 14.7 Å². The number of carbonyl (C=O) groups excluding carboxylic acids is 2. The molecule has 0 atom stereocenters. The molecule has 1 aromatic heterocycles. The van der Waals surface area contributed by atoms with Crippen LogP contribution in [0.1, 0.15) is 27.3 Å². The van der Waals surface area contributed by atoms with Gasteiger partial charge in [-0.25, -0.2) is 0 Å². The van der Waals surface area contributed by atoms with Gasteiger partial charge >= 0.3 is 0 Å². The highest BCUT2D eigenvalue weighted by Crippen LogP contribution is 2.22. The van der Waals surface area contributed by atoms with Gasteiger partial charge in [0, 0.05) is 30.9 Å². The van der Waals surface area contributed by atoms with Gasteiger partial charge in [-0.1, -0.05) is 18.2 Å². The zero-order chi connectivity index (χ0) is 17.1. The molecule has 126 valence electrons. The average molecular weight is 328 g/mol. The molecule has 0 fully saturated rings. The van der Waals surface area contributed by atoms with E-state index in [2.05, 4.69) is 15.5 Å². The Labute approximate surface area is 140 Å². The number of carbonyl (C=O) groups is 2. The zero-order valence-electron chi connectivity index (χ0n) is 13.8. The fourth-order valence-corrected chi connectivity index (χ4v) is 2.78. The highest BCUT2D eigenvalue weighted by atomic mass is 16.5. The molecular weight excluding hydrogens is 308 g/mol. The van der Waals surface area contributed by atoms with E-state index in [4.69, 9.17) is 4.74 Å². The lowest BCUT2D eigenvalue weighted by Crippen LogP contribution is -2.39. The molecule has 1 aliphatic heterocycles. The summed E-state index contributed by atoms with van der Waals surface area (Å²) in [7, 11) is 0. The summed E-state index contributed by atoms with van der Waals surface area (Å²) in [6.45, 7) is 4.89. The molecule has 7 nitrogen and oxygen atoms in total. The molecule has 24 heavy (non-hydrogen) atoms. The Morgan fingerprint density at radius 3 is 2.92 bits per heavy atom. The number of H-pyrrole nitrogens is 1. The Balaban J connectivity index is 1.60. The Bertz CT molecular complexity index is 749. The summed E-state index contributed by atoms with van der Waals surface area (Å²) in [6, 6.07) is 7.60. The lowest BCUT2D eigenvalue weighted by molar-refractivity contribution is -0.133. The third kappa shape index (κ3) is 3.24. The summed E-state index contributed by atoms with van der Waals surface area (Å²) in [5.74, 6) is 0.468. The molecule has 7 heteroatoms. The monoisotopic (exact) mass is 328 g/mol. The molecule has 3 rings (SSSR count). The molecule has 0 saturated carbocycles. The quantitative estimate of drug-likeness (QED) is 0.882. The van der Waals surface area contributed by atoms with Gasteiger partial charge in [0.2, 0.25) is 0 Å². The first-order valence-electron chi connectivity index (χ1n) is 7.84. The van der Waals surface area contributed by atoms with Gasteiger partial charge in [-0.2, -0.15) is 5.10 Å². The summed E-state index contributed by atoms with van der Waals surface area (Å²) in [5, 5.41) is 9.66. The number of hydrogen-bond donors (Lipinski definition) is 2. The Morgan fingerprint density at radius 2 is 2.17 bits per heavy atom. The van der Waals surface area contributed by atoms with E-state index in [1.165, 1.54) is 0 Å². The summed E-state index contributed by atoms with van der Waals surface area (Å²) < 4.78 is 5.52. The molecule has 0 spiro atoms. The van der Waals surface area contributed by atoms with Crippen LogP contribution in [0.2, 0.25) is 0 Å². The molecule has 2 heterocycles. The minimum absolute atomic E-state index is 0.0188. The molecule has 0 bridgehead atoms. The first-order chi connectivity index (χ1) is 11.6. The average Bonchev–Trinajstić information content (AvgIpc) is 2.81. The number of aryl methyl sites for hydroxylation is 2. The maximum absolute atomic E-state index is 12.2. The second-order valence-electron chi connectivity index (χ2n) is 5.78. The SMILES string of the molecule is Cc1n[nH]c(C)c1C(=O)NCCN1Cc2ccccc2OCC1=O. The van der Waals surface area contributed by atoms with Crippen molar-refractivity contribution < 1.29 is 14.3 Å². The molecule has 0 radical (unpaired) electrons. The smallest absolute Gasteiger partial charge is 0.260 e. The molecule has 0 aliphatic carbocycles. The fraction of sp³-hybridized carbons (Fsp3) is 0.353. The van der Waals surface area contributed by atoms with Gasteiger partial charge in [-0.15, -0.1) is 0 Å². The zero-order valence-corrected chi connectivity index (χ0v) is 13.8. The second-order valence-corrected chi connectivity index (χ2v) is 5.78. The van der Waals surface area contributed by atoms with Gasteiger partial charge in [0.25, 0.3) is 11.8 Å². The number of rotatable bonds is 4. The van der Waals surface area contributed by atoms with Gasteiger partial charge in [0.15, 0.2) is 6.61 Å². The predicted molar refractivity (Wildman–Crippen MR) is 87.7 cm³/mol. The van der Waals surface area contributed by atoms with Crippen molar-refractivity contribution in [3.05, 3.63) is 46.8 Å². The van der Waals surface area contributed by atoms with E-state index in [9.17, 15) is 9.59 Å². The molecule has 1 aliphatic rings. The fourth-order valence-electron chi connectivity index (χ4n) is 2.78. The Morgan fingerprint density at radius 1 is 1.38 bits per heavy atom. The first-order valence-corrected chi connectivity index (χ1v) is 7.84. The van der Waals surface area contributed by atoms with Crippen molar-refractivity contribution in [1.82, 2.24) is 20.4 Å². The van der Waals surface area contributed by atoms with Crippen LogP contribution in [0.4, 0.5) is 0 Å². The number of hydrogen-bond acceptors (Lipinski definition) is 4. The van der Waals surface area contributed by atoms with Crippen LogP contribution in [0.3, 0.4) is 0 Å². The van der Waals surface area contributed by atoms with Crippen molar-refractivity contribution in [2.24, 2.45) is 0 Å². The van der Waals surface area contributed by atoms with Crippen molar-refractivity contribution in [3.63, 3.8) is 0 Å². The first kappa shape index (κ1) is 16.0. The molecule has 2 amide bonds. The second kappa shape index (κ2) is 6.74. The number of para-hydroxylation sites is 1. The van der Waals surface area contributed by atoms with Crippen molar-refractivity contribution in [2.45, 2.75) is 20.4 Å². The number of aromatic nitrogens is 2. The van der Waals surface area contributed by atoms with E-state index in [-0.39, 0.29) is 18.4 Å². The summed E-state index contributed by atoms with van der Waals surface area (Å²) in [5.41, 5.74) is 2.93. The van der Waals surface area contributed by atoms with Gasteiger partial charge in [-0.05, 0) is 19.9 Å². The number of nitrogens with one attached hydrogen (secondary N) is 2. The summed E-state index contributed by atoms with van der Waals surface area (Å²) in [6.07, 6.45) is 0. The van der Waals surface area contributed by atoms with Crippen LogP contribution in [-0.2, 0) is 11.3 Å². The number of aromatic amines is 1. The predicted octanol–water partition coefficient (Wildman–Crippen LogP) is 1.18. The number of nitrogens with zero attached hydrogens (tertiary/aromatic N) is 2. The lowest BCUT2D eigenvalue weighted by atomic mass is 10.2. The molecule has 2 N–H and O–H groups in total. The Hall–Kier alpha value is -2.83. The third-order valence-electron chi connectivity index (χ3n) is 4.06. The molecule has 0 saturated heterocycles. The van der Waals surface area contributed by atoms with Gasteiger partial charge < -0.3 is 15.0 Å². The third-order valence-corrected chi connectivity index (χ3v) is 4.06. The van der Waals surface area contributed by atoms with E-state index in [0.717, 1.165) is 17.0 Å². The minimum Gasteiger partial charge on any atom is -0.483 e. The number of benzene rings is 1. The normalized spacial score (nSPS) is 13.9. The minimum atomic E-state index is -0.183. The van der Waals surface area contributed by atoms with E-state index in [1.807, 2.05) is 31.2 Å². The van der Waals surface area contributed by atoms with E-state index < -0.39 is 0 Å². The lowest BCUT2D eigenvalue weighted by Gasteiger charge is -2.20. The van der Waals surface area contributed by atoms with Crippen LogP contribution in [0.25, 0.3) is 0 Å². The van der Waals surface area contributed by atoms with Gasteiger partial charge in [0.05, 0.1) is 11.3 Å². The van der Waals surface area contributed by atoms with Crippen LogP contribution in [0, 0.1) is 13.8 Å². The number of fused-ring (bicyclic) bond motifs is 1. The number of ether oxygens (including phenoxy) is 1. The van der Waals surface area contributed by atoms with E-state index >= 15 is 0 Å². The molecule has 0 unspecified atom stereocenters. The summed E-state index contributed by atoms with van der Waals surface area (Å²) in [4.78, 5) is 26.1. The van der Waals surface area contributed by atoms with E-state index in [0.29, 0.717) is 30.9 Å².